The number of nitrogens with one attached hydrogen (secondary N) is 2. The molecule has 1 aliphatic carbocycles. The van der Waals surface area contributed by atoms with Crippen molar-refractivity contribution in [1.29, 1.82) is 0 Å². The van der Waals surface area contributed by atoms with Crippen LogP contribution in [0.25, 0.3) is 0 Å². The highest BCUT2D eigenvalue weighted by atomic mass is 16.5. The minimum absolute atomic E-state index is 0.316. The smallest absolute Gasteiger partial charge is 0.111 e. The van der Waals surface area contributed by atoms with Crippen molar-refractivity contribution in [3.05, 3.63) is 82.9 Å². The topological polar surface area (TPSA) is 33.3 Å². The Labute approximate surface area is 131 Å². The molecule has 2 aliphatic heterocycles. The summed E-state index contributed by atoms with van der Waals surface area (Å²) in [5.41, 5.74) is 6.65. The monoisotopic (exact) mass is 292 g/mol. The van der Waals surface area contributed by atoms with Crippen molar-refractivity contribution in [2.24, 2.45) is 0 Å². The van der Waals surface area contributed by atoms with Crippen molar-refractivity contribution in [1.82, 2.24) is 10.6 Å². The van der Waals surface area contributed by atoms with Gasteiger partial charge in [-0.15, -0.1) is 0 Å². The zero-order valence-corrected chi connectivity index (χ0v) is 12.7. The summed E-state index contributed by atoms with van der Waals surface area (Å²) in [4.78, 5) is 0. The summed E-state index contributed by atoms with van der Waals surface area (Å²) in [6, 6.07) is 11.2. The van der Waals surface area contributed by atoms with Crippen LogP contribution in [0, 0.1) is 0 Å². The highest BCUT2D eigenvalue weighted by Gasteiger charge is 2.33. The van der Waals surface area contributed by atoms with E-state index in [4.69, 9.17) is 4.74 Å². The predicted molar refractivity (Wildman–Crippen MR) is 87.8 cm³/mol. The summed E-state index contributed by atoms with van der Waals surface area (Å²) in [6.45, 7) is 2.89. The van der Waals surface area contributed by atoms with Crippen LogP contribution in [0.1, 0.15) is 24.9 Å². The molecular weight excluding hydrogens is 272 g/mol. The molecule has 4 rings (SSSR count). The summed E-state index contributed by atoms with van der Waals surface area (Å²) < 4.78 is 5.66. The van der Waals surface area contributed by atoms with Crippen molar-refractivity contribution in [3.63, 3.8) is 0 Å². The molecule has 3 nitrogen and oxygen atoms in total. The lowest BCUT2D eigenvalue weighted by molar-refractivity contribution is 0.271. The van der Waals surface area contributed by atoms with Gasteiger partial charge in [0.1, 0.15) is 6.61 Å². The van der Waals surface area contributed by atoms with E-state index in [1.807, 2.05) is 12.3 Å². The van der Waals surface area contributed by atoms with Crippen LogP contribution in [0.15, 0.2) is 77.4 Å². The summed E-state index contributed by atoms with van der Waals surface area (Å²) in [7, 11) is 0. The minimum Gasteiger partial charge on any atom is -0.497 e. The van der Waals surface area contributed by atoms with E-state index >= 15 is 0 Å². The largest absolute Gasteiger partial charge is 0.497 e. The average Bonchev–Trinajstić information content (AvgIpc) is 2.76. The van der Waals surface area contributed by atoms with Crippen molar-refractivity contribution < 1.29 is 4.74 Å². The van der Waals surface area contributed by atoms with Gasteiger partial charge in [0, 0.05) is 30.1 Å². The molecule has 0 aromatic heterocycles. The maximum atomic E-state index is 5.66. The van der Waals surface area contributed by atoms with E-state index < -0.39 is 0 Å². The van der Waals surface area contributed by atoms with Gasteiger partial charge in [0.15, 0.2) is 0 Å². The third-order valence-electron chi connectivity index (χ3n) is 4.61. The van der Waals surface area contributed by atoms with Gasteiger partial charge in [-0.05, 0) is 41.7 Å². The third-order valence-corrected chi connectivity index (χ3v) is 4.61. The maximum Gasteiger partial charge on any atom is 0.111 e. The number of rotatable bonds is 3. The maximum absolute atomic E-state index is 5.66. The minimum atomic E-state index is 0.316. The number of dihydropyridines is 1. The molecule has 0 fully saturated rings. The summed E-state index contributed by atoms with van der Waals surface area (Å²) in [6.07, 6.45) is 9.03. The Morgan fingerprint density at radius 2 is 2.09 bits per heavy atom. The molecule has 3 heteroatoms. The van der Waals surface area contributed by atoms with Crippen molar-refractivity contribution in [3.8, 4) is 0 Å². The van der Waals surface area contributed by atoms with Crippen LogP contribution in [0.2, 0.25) is 0 Å². The molecule has 1 aromatic rings. The molecule has 1 aromatic carbocycles. The molecule has 1 unspecified atom stereocenters. The Kier molecular flexibility index (Phi) is 3.35. The fourth-order valence-electron chi connectivity index (χ4n) is 3.49. The molecule has 0 bridgehead atoms. The van der Waals surface area contributed by atoms with Crippen LogP contribution in [0.5, 0.6) is 0 Å². The zero-order chi connectivity index (χ0) is 14.9. The van der Waals surface area contributed by atoms with Gasteiger partial charge in [0.25, 0.3) is 0 Å². The lowest BCUT2D eigenvalue weighted by Gasteiger charge is -2.22. The Hall–Kier alpha value is -2.26. The molecule has 3 aliphatic rings. The molecule has 0 spiro atoms. The van der Waals surface area contributed by atoms with Gasteiger partial charge in [-0.25, -0.2) is 0 Å². The van der Waals surface area contributed by atoms with Gasteiger partial charge < -0.3 is 15.4 Å². The van der Waals surface area contributed by atoms with E-state index in [0.717, 1.165) is 6.42 Å². The van der Waals surface area contributed by atoms with E-state index in [2.05, 4.69) is 54.1 Å². The van der Waals surface area contributed by atoms with Crippen LogP contribution in [-0.4, -0.2) is 12.6 Å². The summed E-state index contributed by atoms with van der Waals surface area (Å²) in [5.74, 6) is 0. The number of ether oxygens (including phenoxy) is 1. The van der Waals surface area contributed by atoms with Gasteiger partial charge in [-0.1, -0.05) is 30.3 Å². The SMILES string of the molecule is C[C@@H](NC1CC2=CNC=C3C=COCC1=C32)c1ccccc1. The molecule has 0 saturated heterocycles. The molecule has 22 heavy (non-hydrogen) atoms. The normalized spacial score (nSPS) is 23.8. The number of benzene rings is 1. The Morgan fingerprint density at radius 1 is 1.23 bits per heavy atom. The van der Waals surface area contributed by atoms with E-state index in [9.17, 15) is 0 Å². The molecule has 0 radical (unpaired) electrons. The summed E-state index contributed by atoms with van der Waals surface area (Å²) >= 11 is 0. The number of allylic oxidation sites excluding steroid dienone is 3. The summed E-state index contributed by atoms with van der Waals surface area (Å²) in [5, 5.41) is 7.03. The van der Waals surface area contributed by atoms with Gasteiger partial charge in [0.2, 0.25) is 0 Å². The first-order valence-corrected chi connectivity index (χ1v) is 7.81. The molecule has 2 heterocycles. The average molecular weight is 292 g/mol. The molecular formula is C19H20N2O. The van der Waals surface area contributed by atoms with Gasteiger partial charge in [-0.3, -0.25) is 0 Å². The molecule has 2 atom stereocenters. The second kappa shape index (κ2) is 5.50. The van der Waals surface area contributed by atoms with E-state index in [1.165, 1.54) is 27.9 Å². The standard InChI is InChI=1S/C19H20N2O/c1-13(14-5-3-2-4-6-14)21-18-9-16-11-20-10-15-7-8-22-12-17(18)19(15)16/h2-8,10-11,13,18,20-21H,9,12H2,1H3/t13-,18?/m1/s1. The first kappa shape index (κ1) is 13.4. The fraction of sp³-hybridized carbons (Fsp3) is 0.263. The van der Waals surface area contributed by atoms with Crippen molar-refractivity contribution in [2.75, 3.05) is 6.61 Å². The van der Waals surface area contributed by atoms with Crippen molar-refractivity contribution in [2.45, 2.75) is 25.4 Å². The van der Waals surface area contributed by atoms with Crippen LogP contribution < -0.4 is 10.6 Å². The van der Waals surface area contributed by atoms with E-state index in [-0.39, 0.29) is 0 Å². The Balaban J connectivity index is 1.61. The molecule has 0 amide bonds. The number of hydrogen-bond acceptors (Lipinski definition) is 3. The van der Waals surface area contributed by atoms with E-state index in [0.29, 0.717) is 18.7 Å². The molecule has 112 valence electrons. The van der Waals surface area contributed by atoms with Crippen LogP contribution >= 0.6 is 0 Å². The number of hydrogen-bond donors (Lipinski definition) is 2. The highest BCUT2D eigenvalue weighted by molar-refractivity contribution is 5.61. The van der Waals surface area contributed by atoms with Gasteiger partial charge >= 0.3 is 0 Å². The van der Waals surface area contributed by atoms with Crippen molar-refractivity contribution >= 4 is 0 Å². The van der Waals surface area contributed by atoms with Gasteiger partial charge in [-0.2, -0.15) is 0 Å². The Bertz CT molecular complexity index is 697. The lowest BCUT2D eigenvalue weighted by atomic mass is 9.98. The highest BCUT2D eigenvalue weighted by Crippen LogP contribution is 2.40. The first-order chi connectivity index (χ1) is 10.8. The Morgan fingerprint density at radius 3 is 2.95 bits per heavy atom. The van der Waals surface area contributed by atoms with E-state index in [1.54, 1.807) is 6.26 Å². The fourth-order valence-corrected chi connectivity index (χ4v) is 3.49. The van der Waals surface area contributed by atoms with Crippen LogP contribution in [0.4, 0.5) is 0 Å². The third kappa shape index (κ3) is 2.28. The zero-order valence-electron chi connectivity index (χ0n) is 12.7. The van der Waals surface area contributed by atoms with Gasteiger partial charge in [0.05, 0.1) is 6.26 Å². The lowest BCUT2D eigenvalue weighted by Crippen LogP contribution is -2.32. The van der Waals surface area contributed by atoms with Crippen LogP contribution in [0.3, 0.4) is 0 Å². The second-order valence-corrected chi connectivity index (χ2v) is 6.01. The predicted octanol–water partition coefficient (Wildman–Crippen LogP) is 3.32. The quantitative estimate of drug-likeness (QED) is 0.896. The molecule has 2 N–H and O–H groups in total. The molecule has 0 saturated carbocycles. The first-order valence-electron chi connectivity index (χ1n) is 7.81. The second-order valence-electron chi connectivity index (χ2n) is 6.01. The van der Waals surface area contributed by atoms with Crippen LogP contribution in [-0.2, 0) is 4.74 Å².